The van der Waals surface area contributed by atoms with Gasteiger partial charge in [0.2, 0.25) is 0 Å². The van der Waals surface area contributed by atoms with E-state index in [4.69, 9.17) is 5.11 Å². The van der Waals surface area contributed by atoms with Gasteiger partial charge in [-0.3, -0.25) is 0 Å². The first-order valence-electron chi connectivity index (χ1n) is 10.1. The molecule has 4 N–H and O–H groups in total. The lowest BCUT2D eigenvalue weighted by Crippen LogP contribution is -2.01. The number of aliphatic hydroxyl groups excluding tert-OH is 1. The van der Waals surface area contributed by atoms with E-state index in [2.05, 4.69) is 15.0 Å². The van der Waals surface area contributed by atoms with Gasteiger partial charge in [-0.25, -0.2) is 15.0 Å². The van der Waals surface area contributed by atoms with Gasteiger partial charge in [-0.05, 0) is 73.4 Å². The van der Waals surface area contributed by atoms with E-state index < -0.39 is 0 Å². The van der Waals surface area contributed by atoms with Crippen molar-refractivity contribution in [2.75, 3.05) is 6.61 Å². The van der Waals surface area contributed by atoms with Gasteiger partial charge < -0.3 is 20.4 Å². The van der Waals surface area contributed by atoms with Crippen LogP contribution in [0.1, 0.15) is 16.7 Å². The Labute approximate surface area is 185 Å². The van der Waals surface area contributed by atoms with E-state index in [9.17, 15) is 15.3 Å². The molecule has 4 aromatic rings. The molecular weight excluding hydrogens is 406 g/mol. The third-order valence-electron chi connectivity index (χ3n) is 5.13. The average molecular weight is 429 g/mol. The molecule has 7 heteroatoms. The molecule has 0 saturated heterocycles. The largest absolute Gasteiger partial charge is 0.507 e. The van der Waals surface area contributed by atoms with E-state index in [1.807, 2.05) is 26.0 Å². The summed E-state index contributed by atoms with van der Waals surface area (Å²) in [6, 6.07) is 15.3. The number of nitrogens with zero attached hydrogens (tertiary/aromatic N) is 3. The Kier molecular flexibility index (Phi) is 5.75. The van der Waals surface area contributed by atoms with Crippen LogP contribution in [-0.2, 0) is 6.42 Å². The third-order valence-corrected chi connectivity index (χ3v) is 5.13. The second-order valence-corrected chi connectivity index (χ2v) is 7.67. The molecule has 3 aromatic carbocycles. The standard InChI is InChI=1S/C25H23N3O4/c1-14-3-6-17(20(30)11-14)23-26-24(18-7-4-15(2)12-21(18)31)28-25(27-23)19-8-5-16(9-10-29)13-22(19)32/h3-8,11-13,29-32H,9-10H2,1-2H3. The van der Waals surface area contributed by atoms with Gasteiger partial charge in [0.05, 0.1) is 16.7 Å². The minimum atomic E-state index is -0.0414. The Morgan fingerprint density at radius 3 is 1.38 bits per heavy atom. The second-order valence-electron chi connectivity index (χ2n) is 7.67. The molecule has 0 bridgehead atoms. The first kappa shape index (κ1) is 21.3. The summed E-state index contributed by atoms with van der Waals surface area (Å²) in [5.41, 5.74) is 3.72. The number of aromatic nitrogens is 3. The van der Waals surface area contributed by atoms with E-state index in [0.29, 0.717) is 23.1 Å². The van der Waals surface area contributed by atoms with Crippen LogP contribution in [0.5, 0.6) is 17.2 Å². The summed E-state index contributed by atoms with van der Waals surface area (Å²) < 4.78 is 0. The van der Waals surface area contributed by atoms with Crippen LogP contribution in [0, 0.1) is 13.8 Å². The van der Waals surface area contributed by atoms with Gasteiger partial charge in [0.15, 0.2) is 17.5 Å². The molecule has 1 aromatic heterocycles. The summed E-state index contributed by atoms with van der Waals surface area (Å²) in [6.07, 6.45) is 0.413. The molecular formula is C25H23N3O4. The number of aromatic hydroxyl groups is 3. The van der Waals surface area contributed by atoms with E-state index >= 15 is 0 Å². The predicted octanol–water partition coefficient (Wildman–Crippen LogP) is 4.14. The Morgan fingerprint density at radius 1 is 0.594 bits per heavy atom. The van der Waals surface area contributed by atoms with Gasteiger partial charge in [0, 0.05) is 6.61 Å². The molecule has 0 fully saturated rings. The number of phenolic OH excluding ortho intramolecular Hbond substituents is 3. The predicted molar refractivity (Wildman–Crippen MR) is 121 cm³/mol. The normalized spacial score (nSPS) is 11.0. The number of rotatable bonds is 5. The number of phenols is 3. The Hall–Kier alpha value is -3.97. The lowest BCUT2D eigenvalue weighted by atomic mass is 10.1. The van der Waals surface area contributed by atoms with Crippen LogP contribution in [0.2, 0.25) is 0 Å². The topological polar surface area (TPSA) is 120 Å². The van der Waals surface area contributed by atoms with Gasteiger partial charge in [0.25, 0.3) is 0 Å². The first-order valence-corrected chi connectivity index (χ1v) is 10.1. The van der Waals surface area contributed by atoms with Gasteiger partial charge in [-0.15, -0.1) is 0 Å². The van der Waals surface area contributed by atoms with Gasteiger partial charge in [0.1, 0.15) is 17.2 Å². The first-order chi connectivity index (χ1) is 15.4. The van der Waals surface area contributed by atoms with Crippen molar-refractivity contribution < 1.29 is 20.4 Å². The van der Waals surface area contributed by atoms with Crippen molar-refractivity contribution >= 4 is 0 Å². The fourth-order valence-corrected chi connectivity index (χ4v) is 3.45. The number of aliphatic hydroxyl groups is 1. The molecule has 0 saturated carbocycles. The minimum Gasteiger partial charge on any atom is -0.507 e. The average Bonchev–Trinajstić information content (AvgIpc) is 2.74. The minimum absolute atomic E-state index is 0.0174. The Balaban J connectivity index is 1.94. The second kappa shape index (κ2) is 8.64. The summed E-state index contributed by atoms with van der Waals surface area (Å²) in [6.45, 7) is 3.70. The highest BCUT2D eigenvalue weighted by atomic mass is 16.3. The molecule has 0 aliphatic heterocycles. The van der Waals surface area contributed by atoms with Crippen molar-refractivity contribution in [3.05, 3.63) is 71.3 Å². The van der Waals surface area contributed by atoms with E-state index in [1.165, 1.54) is 0 Å². The zero-order chi connectivity index (χ0) is 22.8. The molecule has 162 valence electrons. The molecule has 0 atom stereocenters. The fourth-order valence-electron chi connectivity index (χ4n) is 3.45. The number of hydrogen-bond acceptors (Lipinski definition) is 7. The van der Waals surface area contributed by atoms with Crippen LogP contribution in [0.25, 0.3) is 34.2 Å². The van der Waals surface area contributed by atoms with Crippen LogP contribution < -0.4 is 0 Å². The van der Waals surface area contributed by atoms with E-state index in [1.54, 1.807) is 42.5 Å². The molecule has 0 radical (unpaired) electrons. The van der Waals surface area contributed by atoms with Crippen LogP contribution in [-0.4, -0.2) is 42.0 Å². The maximum Gasteiger partial charge on any atom is 0.167 e. The van der Waals surface area contributed by atoms with Crippen molar-refractivity contribution in [2.24, 2.45) is 0 Å². The molecule has 0 unspecified atom stereocenters. The molecule has 7 nitrogen and oxygen atoms in total. The van der Waals surface area contributed by atoms with Crippen molar-refractivity contribution in [1.29, 1.82) is 0 Å². The number of aryl methyl sites for hydroxylation is 2. The smallest absolute Gasteiger partial charge is 0.167 e. The van der Waals surface area contributed by atoms with E-state index in [0.717, 1.165) is 16.7 Å². The van der Waals surface area contributed by atoms with Crippen molar-refractivity contribution in [3.63, 3.8) is 0 Å². The zero-order valence-electron chi connectivity index (χ0n) is 17.7. The number of benzene rings is 3. The Morgan fingerprint density at radius 2 is 1.00 bits per heavy atom. The third kappa shape index (κ3) is 4.24. The molecule has 0 amide bonds. The highest BCUT2D eigenvalue weighted by molar-refractivity contribution is 5.73. The van der Waals surface area contributed by atoms with Crippen LogP contribution in [0.4, 0.5) is 0 Å². The monoisotopic (exact) mass is 429 g/mol. The maximum absolute atomic E-state index is 10.6. The van der Waals surface area contributed by atoms with Crippen LogP contribution >= 0.6 is 0 Å². The van der Waals surface area contributed by atoms with Crippen molar-refractivity contribution in [3.8, 4) is 51.4 Å². The number of hydrogen-bond donors (Lipinski definition) is 4. The quantitative estimate of drug-likeness (QED) is 0.376. The highest BCUT2D eigenvalue weighted by Gasteiger charge is 2.18. The van der Waals surface area contributed by atoms with E-state index in [-0.39, 0.29) is 41.3 Å². The molecule has 0 spiro atoms. The lowest BCUT2D eigenvalue weighted by Gasteiger charge is -2.12. The summed E-state index contributed by atoms with van der Waals surface area (Å²) in [5, 5.41) is 40.7. The summed E-state index contributed by atoms with van der Waals surface area (Å²) >= 11 is 0. The molecule has 4 rings (SSSR count). The van der Waals surface area contributed by atoms with Gasteiger partial charge in [-0.2, -0.15) is 0 Å². The highest BCUT2D eigenvalue weighted by Crippen LogP contribution is 2.35. The molecule has 0 aliphatic rings. The fraction of sp³-hybridized carbons (Fsp3) is 0.160. The van der Waals surface area contributed by atoms with Crippen molar-refractivity contribution in [2.45, 2.75) is 20.3 Å². The lowest BCUT2D eigenvalue weighted by molar-refractivity contribution is 0.299. The summed E-state index contributed by atoms with van der Waals surface area (Å²) in [4.78, 5) is 13.5. The van der Waals surface area contributed by atoms with Crippen LogP contribution in [0.15, 0.2) is 54.6 Å². The molecule has 32 heavy (non-hydrogen) atoms. The molecule has 0 aliphatic carbocycles. The van der Waals surface area contributed by atoms with Gasteiger partial charge in [-0.1, -0.05) is 18.2 Å². The maximum atomic E-state index is 10.6. The molecule has 1 heterocycles. The Bertz CT molecular complexity index is 1230. The van der Waals surface area contributed by atoms with Crippen LogP contribution in [0.3, 0.4) is 0 Å². The summed E-state index contributed by atoms with van der Waals surface area (Å²) in [5.74, 6) is 0.605. The SMILES string of the molecule is Cc1ccc(-c2nc(-c3ccc(C)cc3O)nc(-c3ccc(CCO)cc3O)n2)c(O)c1. The zero-order valence-corrected chi connectivity index (χ0v) is 17.7. The summed E-state index contributed by atoms with van der Waals surface area (Å²) in [7, 11) is 0. The van der Waals surface area contributed by atoms with Gasteiger partial charge >= 0.3 is 0 Å². The van der Waals surface area contributed by atoms with Crippen molar-refractivity contribution in [1.82, 2.24) is 15.0 Å².